The topological polar surface area (TPSA) is 70.7 Å². The van der Waals surface area contributed by atoms with Gasteiger partial charge in [-0.1, -0.05) is 73.1 Å². The molecule has 1 fully saturated rings. The fraction of sp³-hybridized carbons (Fsp3) is 0.321. The monoisotopic (exact) mass is 520 g/mol. The van der Waals surface area contributed by atoms with Gasteiger partial charge in [0.15, 0.2) is 0 Å². The molecule has 4 aromatic rings. The van der Waals surface area contributed by atoms with Crippen LogP contribution in [0.25, 0.3) is 32.4 Å². The van der Waals surface area contributed by atoms with E-state index in [0.29, 0.717) is 0 Å². The van der Waals surface area contributed by atoms with Crippen molar-refractivity contribution in [3.8, 4) is 21.8 Å². The lowest BCUT2D eigenvalue weighted by molar-refractivity contribution is 0.0697. The molecule has 6 nitrogen and oxygen atoms in total. The zero-order valence-corrected chi connectivity index (χ0v) is 21.6. The van der Waals surface area contributed by atoms with Gasteiger partial charge in [-0.3, -0.25) is 4.90 Å². The van der Waals surface area contributed by atoms with Gasteiger partial charge in [0.25, 0.3) is 0 Å². The van der Waals surface area contributed by atoms with E-state index < -0.39 is 5.97 Å². The van der Waals surface area contributed by atoms with E-state index in [9.17, 15) is 4.79 Å². The van der Waals surface area contributed by atoms with Crippen LogP contribution < -0.4 is 0 Å². The Balaban J connectivity index is 0.00000267. The van der Waals surface area contributed by atoms with Gasteiger partial charge in [0.1, 0.15) is 5.01 Å². The molecule has 1 aliphatic heterocycles. The predicted molar refractivity (Wildman–Crippen MR) is 147 cm³/mol. The van der Waals surface area contributed by atoms with E-state index in [1.165, 1.54) is 43.2 Å². The average Bonchev–Trinajstić information content (AvgIpc) is 3.51. The zero-order valence-electron chi connectivity index (χ0n) is 20.0. The van der Waals surface area contributed by atoms with Gasteiger partial charge in [0.2, 0.25) is 4.96 Å². The summed E-state index contributed by atoms with van der Waals surface area (Å²) >= 11 is 1.56. The first-order valence-electron chi connectivity index (χ1n) is 12.4. The second kappa shape index (κ2) is 10.5. The number of aromatic nitrogens is 3. The molecular weight excluding hydrogens is 492 g/mol. The fourth-order valence-corrected chi connectivity index (χ4v) is 6.22. The van der Waals surface area contributed by atoms with Gasteiger partial charge in [0, 0.05) is 30.3 Å². The van der Waals surface area contributed by atoms with Crippen LogP contribution >= 0.6 is 23.7 Å². The van der Waals surface area contributed by atoms with E-state index in [4.69, 9.17) is 10.2 Å². The van der Waals surface area contributed by atoms with Crippen LogP contribution in [0.2, 0.25) is 0 Å². The number of imidazole rings is 1. The van der Waals surface area contributed by atoms with Crippen molar-refractivity contribution in [3.63, 3.8) is 0 Å². The quantitative estimate of drug-likeness (QED) is 0.318. The molecule has 0 spiro atoms. The number of nitrogens with zero attached hydrogens (tertiary/aromatic N) is 4. The Kier molecular flexibility index (Phi) is 7.23. The van der Waals surface area contributed by atoms with Crippen molar-refractivity contribution in [1.82, 2.24) is 19.5 Å². The smallest absolute Gasteiger partial charge is 0.335 e. The highest BCUT2D eigenvalue weighted by molar-refractivity contribution is 7.19. The lowest BCUT2D eigenvalue weighted by Crippen LogP contribution is -2.39. The lowest BCUT2D eigenvalue weighted by atomic mass is 9.92. The summed E-state index contributed by atoms with van der Waals surface area (Å²) in [6.07, 6.45) is 12.2. The molecular formula is C28H29ClN4O2S. The van der Waals surface area contributed by atoms with Crippen molar-refractivity contribution in [2.24, 2.45) is 0 Å². The average molecular weight is 521 g/mol. The third-order valence-corrected chi connectivity index (χ3v) is 8.32. The van der Waals surface area contributed by atoms with Gasteiger partial charge in [-0.25, -0.2) is 14.3 Å². The summed E-state index contributed by atoms with van der Waals surface area (Å²) in [5.74, 6) is -0.931. The van der Waals surface area contributed by atoms with E-state index in [0.717, 1.165) is 52.3 Å². The molecule has 2 aliphatic rings. The highest BCUT2D eigenvalue weighted by atomic mass is 35.5. The Hall–Kier alpha value is -3.00. The maximum Gasteiger partial charge on any atom is 0.335 e. The van der Waals surface area contributed by atoms with Gasteiger partial charge >= 0.3 is 5.97 Å². The lowest BCUT2D eigenvalue weighted by Gasteiger charge is -2.36. The van der Waals surface area contributed by atoms with Crippen molar-refractivity contribution >= 4 is 40.2 Å². The minimum atomic E-state index is -0.931. The normalized spacial score (nSPS) is 17.1. The second-order valence-corrected chi connectivity index (χ2v) is 10.4. The van der Waals surface area contributed by atoms with E-state index in [-0.39, 0.29) is 18.0 Å². The first-order chi connectivity index (χ1) is 17.2. The molecule has 2 aromatic carbocycles. The molecule has 186 valence electrons. The van der Waals surface area contributed by atoms with Gasteiger partial charge in [0.05, 0.1) is 17.5 Å². The number of hydrogen-bond donors (Lipinski definition) is 1. The SMILES string of the molecule is Cl.O=C(O)c1ccc(-c2cnc3sc(-c4ccc(C5=CCN(C6CCCCC6)CC5)cc4)nn23)cc1. The molecule has 1 aliphatic carbocycles. The highest BCUT2D eigenvalue weighted by Crippen LogP contribution is 2.32. The second-order valence-electron chi connectivity index (χ2n) is 9.47. The van der Waals surface area contributed by atoms with Crippen molar-refractivity contribution in [2.75, 3.05) is 13.1 Å². The molecule has 0 atom stereocenters. The summed E-state index contributed by atoms with van der Waals surface area (Å²) in [5, 5.41) is 14.9. The van der Waals surface area contributed by atoms with Crippen LogP contribution in [0.3, 0.4) is 0 Å². The highest BCUT2D eigenvalue weighted by Gasteiger charge is 2.23. The summed E-state index contributed by atoms with van der Waals surface area (Å²) in [7, 11) is 0. The molecule has 1 saturated carbocycles. The number of carbonyl (C=O) groups is 1. The first kappa shape index (κ1) is 24.7. The molecule has 0 radical (unpaired) electrons. The standard InChI is InChI=1S/C28H28N4O2S.ClH/c33-27(34)23-12-8-21(9-13-23)25-18-29-28-32(25)30-26(35-28)22-10-6-19(7-11-22)20-14-16-31(17-15-20)24-4-2-1-3-5-24;/h6-14,18,24H,1-5,15-17H2,(H,33,34);1H. The maximum absolute atomic E-state index is 11.1. The molecule has 36 heavy (non-hydrogen) atoms. The summed E-state index contributed by atoms with van der Waals surface area (Å²) < 4.78 is 1.84. The van der Waals surface area contributed by atoms with E-state index >= 15 is 0 Å². The molecule has 6 rings (SSSR count). The van der Waals surface area contributed by atoms with E-state index in [2.05, 4.69) is 40.2 Å². The number of benzene rings is 2. The molecule has 0 unspecified atom stereocenters. The Morgan fingerprint density at radius 2 is 1.64 bits per heavy atom. The number of carboxylic acid groups (broad SMARTS) is 1. The number of rotatable bonds is 5. The van der Waals surface area contributed by atoms with Crippen LogP contribution in [0, 0.1) is 0 Å². The molecule has 0 saturated heterocycles. The van der Waals surface area contributed by atoms with Crippen molar-refractivity contribution in [3.05, 3.63) is 71.9 Å². The maximum atomic E-state index is 11.1. The summed E-state index contributed by atoms with van der Waals surface area (Å²) in [4.78, 5) is 19.2. The predicted octanol–water partition coefficient (Wildman–Crippen LogP) is 6.67. The third-order valence-electron chi connectivity index (χ3n) is 7.35. The molecule has 8 heteroatoms. The van der Waals surface area contributed by atoms with Crippen LogP contribution in [0.5, 0.6) is 0 Å². The Morgan fingerprint density at radius 1 is 0.944 bits per heavy atom. The minimum absolute atomic E-state index is 0. The summed E-state index contributed by atoms with van der Waals surface area (Å²) in [6, 6.07) is 16.3. The van der Waals surface area contributed by atoms with E-state index in [1.54, 1.807) is 41.8 Å². The van der Waals surface area contributed by atoms with Crippen LogP contribution in [0.1, 0.15) is 54.4 Å². The molecule has 2 aromatic heterocycles. The van der Waals surface area contributed by atoms with Gasteiger partial charge in [-0.15, -0.1) is 12.4 Å². The van der Waals surface area contributed by atoms with Crippen molar-refractivity contribution in [1.29, 1.82) is 0 Å². The number of carboxylic acids is 1. The van der Waals surface area contributed by atoms with Crippen LogP contribution in [-0.4, -0.2) is 49.7 Å². The molecule has 3 heterocycles. The van der Waals surface area contributed by atoms with Crippen LogP contribution in [0.4, 0.5) is 0 Å². The first-order valence-corrected chi connectivity index (χ1v) is 13.2. The van der Waals surface area contributed by atoms with Gasteiger partial charge in [-0.05, 0) is 42.5 Å². The number of hydrogen-bond acceptors (Lipinski definition) is 5. The Morgan fingerprint density at radius 3 is 2.31 bits per heavy atom. The minimum Gasteiger partial charge on any atom is -0.478 e. The van der Waals surface area contributed by atoms with Gasteiger partial charge < -0.3 is 5.11 Å². The summed E-state index contributed by atoms with van der Waals surface area (Å²) in [6.45, 7) is 2.24. The third kappa shape index (κ3) is 4.83. The molecule has 0 amide bonds. The van der Waals surface area contributed by atoms with Crippen LogP contribution in [-0.2, 0) is 0 Å². The van der Waals surface area contributed by atoms with E-state index in [1.807, 2.05) is 4.52 Å². The molecule has 1 N–H and O–H groups in total. The summed E-state index contributed by atoms with van der Waals surface area (Å²) in [5.41, 5.74) is 5.84. The van der Waals surface area contributed by atoms with Gasteiger partial charge in [-0.2, -0.15) is 5.10 Å². The van der Waals surface area contributed by atoms with Crippen LogP contribution in [0.15, 0.2) is 60.8 Å². The van der Waals surface area contributed by atoms with Crippen molar-refractivity contribution < 1.29 is 9.90 Å². The number of aromatic carboxylic acids is 1. The number of fused-ring (bicyclic) bond motifs is 1. The number of halogens is 1. The Bertz CT molecular complexity index is 1390. The fourth-order valence-electron chi connectivity index (χ4n) is 5.34. The zero-order chi connectivity index (χ0) is 23.8. The largest absolute Gasteiger partial charge is 0.478 e. The molecule has 0 bridgehead atoms. The van der Waals surface area contributed by atoms with Crippen molar-refractivity contribution in [2.45, 2.75) is 44.6 Å². The Labute approximate surface area is 220 Å².